The van der Waals surface area contributed by atoms with E-state index in [0.29, 0.717) is 17.7 Å². The number of hydrogen-bond acceptors (Lipinski definition) is 6. The van der Waals surface area contributed by atoms with Crippen LogP contribution in [0.3, 0.4) is 0 Å². The number of aryl methyl sites for hydroxylation is 1. The predicted molar refractivity (Wildman–Crippen MR) is 145 cm³/mol. The molecule has 0 unspecified atom stereocenters. The van der Waals surface area contributed by atoms with Crippen molar-refractivity contribution in [3.05, 3.63) is 94.5 Å². The summed E-state index contributed by atoms with van der Waals surface area (Å²) in [6, 6.07) is 19.7. The summed E-state index contributed by atoms with van der Waals surface area (Å²) in [5, 5.41) is 15.5. The van der Waals surface area contributed by atoms with Crippen molar-refractivity contribution in [3.8, 4) is 16.9 Å². The third-order valence-corrected chi connectivity index (χ3v) is 6.11. The van der Waals surface area contributed by atoms with Crippen LogP contribution in [-0.2, 0) is 6.42 Å². The zero-order chi connectivity index (χ0) is 25.9. The molecule has 4 heterocycles. The zero-order valence-corrected chi connectivity index (χ0v) is 20.2. The Bertz CT molecular complexity index is 1660. The van der Waals surface area contributed by atoms with Crippen molar-refractivity contribution in [2.45, 2.75) is 13.3 Å². The number of primary amides is 1. The van der Waals surface area contributed by atoms with Crippen LogP contribution in [0, 0.1) is 0 Å². The maximum absolute atomic E-state index is 13.4. The van der Waals surface area contributed by atoms with Crippen LogP contribution in [-0.4, -0.2) is 37.0 Å². The highest BCUT2D eigenvalue weighted by Gasteiger charge is 2.20. The Balaban J connectivity index is 0.000000182. The monoisotopic (exact) mass is 494 g/mol. The number of anilines is 2. The standard InChI is InChI=1S/C20H17N3O.C7H9N5O/c1-2-15-13-14-7-6-10-17(18-11-12-21-22-18)19(14)20(24)23(15)16-8-4-3-5-9-16;8-5-4(6(9)13)7-10-2-1-3-12(7)11-5/h3-13H,2H2,1H3,(H,21,22);1,3,10H,2H2,(H2,8,11)(H2,9,13). The normalized spacial score (nSPS) is 11.9. The van der Waals surface area contributed by atoms with Crippen molar-refractivity contribution in [1.29, 1.82) is 0 Å². The number of rotatable bonds is 4. The first kappa shape index (κ1) is 23.6. The van der Waals surface area contributed by atoms with Crippen LogP contribution < -0.4 is 22.3 Å². The molecule has 1 amide bonds. The number of aromatic nitrogens is 5. The molecule has 10 nitrogen and oxygen atoms in total. The van der Waals surface area contributed by atoms with Crippen molar-refractivity contribution < 1.29 is 4.79 Å². The highest BCUT2D eigenvalue weighted by Crippen LogP contribution is 2.26. The van der Waals surface area contributed by atoms with Crippen LogP contribution in [0.2, 0.25) is 0 Å². The number of fused-ring (bicyclic) bond motifs is 2. The van der Waals surface area contributed by atoms with Crippen molar-refractivity contribution in [2.75, 3.05) is 17.6 Å². The van der Waals surface area contributed by atoms with Crippen LogP contribution in [0.25, 0.3) is 33.9 Å². The molecule has 0 atom stereocenters. The van der Waals surface area contributed by atoms with Gasteiger partial charge in [0.2, 0.25) is 0 Å². The van der Waals surface area contributed by atoms with E-state index in [1.54, 1.807) is 12.4 Å². The lowest BCUT2D eigenvalue weighted by molar-refractivity contribution is 0.100. The largest absolute Gasteiger partial charge is 0.381 e. The summed E-state index contributed by atoms with van der Waals surface area (Å²) < 4.78 is 3.31. The number of nitrogen functional groups attached to an aromatic ring is 1. The molecule has 0 radical (unpaired) electrons. The molecule has 1 aliphatic heterocycles. The molecule has 0 bridgehead atoms. The number of nitrogens with one attached hydrogen (secondary N) is 2. The second-order valence-electron chi connectivity index (χ2n) is 8.39. The fraction of sp³-hybridized carbons (Fsp3) is 0.111. The number of hydrogen-bond donors (Lipinski definition) is 4. The summed E-state index contributed by atoms with van der Waals surface area (Å²) >= 11 is 0. The van der Waals surface area contributed by atoms with Crippen molar-refractivity contribution in [3.63, 3.8) is 0 Å². The minimum atomic E-state index is -0.568. The molecule has 0 fully saturated rings. The molecular formula is C27H26N8O2. The van der Waals surface area contributed by atoms with E-state index in [2.05, 4.69) is 33.6 Å². The Kier molecular flexibility index (Phi) is 6.29. The smallest absolute Gasteiger partial charge is 0.263 e. The quantitative estimate of drug-likeness (QED) is 0.301. The van der Waals surface area contributed by atoms with E-state index < -0.39 is 5.91 Å². The van der Waals surface area contributed by atoms with Gasteiger partial charge in [-0.3, -0.25) is 19.3 Å². The van der Waals surface area contributed by atoms with Crippen LogP contribution in [0.4, 0.5) is 11.6 Å². The number of carbonyl (C=O) groups excluding carboxylic acids is 1. The number of nitrogens with zero attached hydrogens (tertiary/aromatic N) is 4. The lowest BCUT2D eigenvalue weighted by atomic mass is 10.0. The van der Waals surface area contributed by atoms with Crippen LogP contribution >= 0.6 is 0 Å². The lowest BCUT2D eigenvalue weighted by Crippen LogP contribution is -2.22. The van der Waals surface area contributed by atoms with Gasteiger partial charge in [-0.2, -0.15) is 5.10 Å². The Hall–Kier alpha value is -5.12. The van der Waals surface area contributed by atoms with E-state index in [0.717, 1.165) is 34.4 Å². The Morgan fingerprint density at radius 3 is 2.62 bits per heavy atom. The van der Waals surface area contributed by atoms with Crippen molar-refractivity contribution in [1.82, 2.24) is 24.5 Å². The topological polar surface area (TPSA) is 150 Å². The van der Waals surface area contributed by atoms with Gasteiger partial charge in [-0.1, -0.05) is 43.3 Å². The van der Waals surface area contributed by atoms with Gasteiger partial charge in [0.15, 0.2) is 5.82 Å². The number of H-pyrrole nitrogens is 1. The van der Waals surface area contributed by atoms with Gasteiger partial charge in [-0.25, -0.2) is 4.68 Å². The van der Waals surface area contributed by atoms with Gasteiger partial charge in [0.05, 0.1) is 11.1 Å². The third kappa shape index (κ3) is 4.36. The van der Waals surface area contributed by atoms with Gasteiger partial charge in [0.1, 0.15) is 11.4 Å². The molecule has 5 aromatic rings. The molecular weight excluding hydrogens is 468 g/mol. The van der Waals surface area contributed by atoms with E-state index >= 15 is 0 Å². The molecule has 186 valence electrons. The summed E-state index contributed by atoms with van der Waals surface area (Å²) in [4.78, 5) is 24.3. The van der Waals surface area contributed by atoms with E-state index in [1.165, 1.54) is 4.68 Å². The van der Waals surface area contributed by atoms with E-state index in [4.69, 9.17) is 11.5 Å². The zero-order valence-electron chi connectivity index (χ0n) is 20.2. The summed E-state index contributed by atoms with van der Waals surface area (Å²) in [7, 11) is 0. The fourth-order valence-electron chi connectivity index (χ4n) is 4.45. The molecule has 10 heteroatoms. The van der Waals surface area contributed by atoms with Crippen LogP contribution in [0.1, 0.15) is 23.0 Å². The molecule has 1 aliphatic rings. The minimum Gasteiger partial charge on any atom is -0.381 e. The molecule has 37 heavy (non-hydrogen) atoms. The number of nitrogens with two attached hydrogens (primary N) is 2. The first-order chi connectivity index (χ1) is 18.0. The number of aromatic amines is 1. The summed E-state index contributed by atoms with van der Waals surface area (Å²) in [6.07, 6.45) is 6.08. The maximum Gasteiger partial charge on any atom is 0.263 e. The molecule has 0 aliphatic carbocycles. The third-order valence-electron chi connectivity index (χ3n) is 6.11. The van der Waals surface area contributed by atoms with E-state index in [1.807, 2.05) is 65.2 Å². The van der Waals surface area contributed by atoms with Crippen molar-refractivity contribution in [2.24, 2.45) is 5.73 Å². The lowest BCUT2D eigenvalue weighted by Gasteiger charge is -2.15. The SMILES string of the molecule is CCc1cc2cccc(-c3ccn[nH]3)c2c(=O)n1-c1ccccc1.NC(=O)c1c(N)nn2c1NCC=C2. The van der Waals surface area contributed by atoms with Gasteiger partial charge in [-0.05, 0) is 42.1 Å². The Morgan fingerprint density at radius 1 is 1.11 bits per heavy atom. The second kappa shape index (κ2) is 9.86. The first-order valence-corrected chi connectivity index (χ1v) is 11.8. The predicted octanol–water partition coefficient (Wildman–Crippen LogP) is 3.40. The van der Waals surface area contributed by atoms with E-state index in [9.17, 15) is 9.59 Å². The van der Waals surface area contributed by atoms with Crippen LogP contribution in [0.5, 0.6) is 0 Å². The number of amides is 1. The molecule has 0 spiro atoms. The fourth-order valence-corrected chi connectivity index (χ4v) is 4.45. The first-order valence-electron chi connectivity index (χ1n) is 11.8. The van der Waals surface area contributed by atoms with Crippen LogP contribution in [0.15, 0.2) is 77.7 Å². The van der Waals surface area contributed by atoms with Gasteiger partial charge >= 0.3 is 0 Å². The number of para-hydroxylation sites is 1. The van der Waals surface area contributed by atoms with Gasteiger partial charge < -0.3 is 16.8 Å². The molecule has 3 aromatic heterocycles. The minimum absolute atomic E-state index is 0.000694. The van der Waals surface area contributed by atoms with Gasteiger partial charge in [0.25, 0.3) is 11.5 Å². The number of benzene rings is 2. The Labute approximate surface area is 212 Å². The highest BCUT2D eigenvalue weighted by atomic mass is 16.1. The number of pyridine rings is 1. The molecule has 6 N–H and O–H groups in total. The average molecular weight is 495 g/mol. The molecule has 0 saturated carbocycles. The van der Waals surface area contributed by atoms with Gasteiger partial charge in [0, 0.05) is 35.9 Å². The van der Waals surface area contributed by atoms with Gasteiger partial charge in [-0.15, -0.1) is 5.10 Å². The second-order valence-corrected chi connectivity index (χ2v) is 8.39. The molecule has 0 saturated heterocycles. The Morgan fingerprint density at radius 2 is 1.92 bits per heavy atom. The maximum atomic E-state index is 13.4. The summed E-state index contributed by atoms with van der Waals surface area (Å²) in [5.41, 5.74) is 14.5. The average Bonchev–Trinajstić information content (AvgIpc) is 3.56. The summed E-state index contributed by atoms with van der Waals surface area (Å²) in [6.45, 7) is 2.71. The summed E-state index contributed by atoms with van der Waals surface area (Å²) in [5.74, 6) is 0.149. The van der Waals surface area contributed by atoms with Crippen molar-refractivity contribution >= 4 is 34.5 Å². The molecule has 6 rings (SSSR count). The highest BCUT2D eigenvalue weighted by molar-refractivity contribution is 6.02. The molecule has 2 aromatic carbocycles. The van der Waals surface area contributed by atoms with E-state index in [-0.39, 0.29) is 16.9 Å². The number of carbonyl (C=O) groups is 1.